The minimum atomic E-state index is -3.36. The smallest absolute Gasteiger partial charge is 0.303 e. The molecule has 24 heavy (non-hydrogen) atoms. The highest BCUT2D eigenvalue weighted by Gasteiger charge is 2.14. The van der Waals surface area contributed by atoms with Gasteiger partial charge in [-0.1, -0.05) is 25.3 Å². The predicted molar refractivity (Wildman–Crippen MR) is 92.0 cm³/mol. The van der Waals surface area contributed by atoms with Crippen molar-refractivity contribution in [1.29, 1.82) is 0 Å². The van der Waals surface area contributed by atoms with E-state index in [1.165, 1.54) is 6.07 Å². The second kappa shape index (κ2) is 9.42. The van der Waals surface area contributed by atoms with Crippen molar-refractivity contribution >= 4 is 21.7 Å². The van der Waals surface area contributed by atoms with Crippen LogP contribution >= 0.6 is 0 Å². The van der Waals surface area contributed by atoms with Gasteiger partial charge in [-0.2, -0.15) is 0 Å². The van der Waals surface area contributed by atoms with Gasteiger partial charge in [0.1, 0.15) is 0 Å². The van der Waals surface area contributed by atoms with Gasteiger partial charge in [-0.25, -0.2) is 8.42 Å². The summed E-state index contributed by atoms with van der Waals surface area (Å²) in [4.78, 5) is 22.6. The van der Waals surface area contributed by atoms with E-state index in [-0.39, 0.29) is 17.2 Å². The second-order valence-corrected chi connectivity index (χ2v) is 7.90. The van der Waals surface area contributed by atoms with Crippen molar-refractivity contribution in [3.05, 3.63) is 29.3 Å². The molecule has 134 valence electrons. The molecule has 0 bridgehead atoms. The molecular formula is C17H25NO5S. The number of carbonyl (C=O) groups excluding carboxylic acids is 1. The van der Waals surface area contributed by atoms with E-state index in [1.54, 1.807) is 19.1 Å². The van der Waals surface area contributed by atoms with Crippen LogP contribution in [0.15, 0.2) is 23.1 Å². The Balaban J connectivity index is 2.37. The van der Waals surface area contributed by atoms with Crippen molar-refractivity contribution in [1.82, 2.24) is 5.32 Å². The molecule has 0 aliphatic carbocycles. The second-order valence-electron chi connectivity index (χ2n) is 5.92. The van der Waals surface area contributed by atoms with Gasteiger partial charge in [-0.15, -0.1) is 0 Å². The molecule has 0 heterocycles. The van der Waals surface area contributed by atoms with Gasteiger partial charge in [-0.05, 0) is 37.5 Å². The molecule has 0 spiro atoms. The van der Waals surface area contributed by atoms with E-state index in [0.717, 1.165) is 31.9 Å². The molecule has 0 aliphatic heterocycles. The van der Waals surface area contributed by atoms with Crippen molar-refractivity contribution in [3.8, 4) is 0 Å². The zero-order valence-electron chi connectivity index (χ0n) is 14.2. The van der Waals surface area contributed by atoms with Crippen molar-refractivity contribution in [3.63, 3.8) is 0 Å². The Kier molecular flexibility index (Phi) is 7.91. The average Bonchev–Trinajstić information content (AvgIpc) is 2.48. The summed E-state index contributed by atoms with van der Waals surface area (Å²) in [5.41, 5.74) is 0.956. The molecule has 0 atom stereocenters. The van der Waals surface area contributed by atoms with Crippen LogP contribution in [0.25, 0.3) is 0 Å². The number of carboxylic acid groups (broad SMARTS) is 1. The Morgan fingerprint density at radius 1 is 1.08 bits per heavy atom. The number of carboxylic acids is 1. The van der Waals surface area contributed by atoms with Crippen LogP contribution in [0.2, 0.25) is 0 Å². The highest BCUT2D eigenvalue weighted by atomic mass is 32.2. The molecule has 1 aromatic carbocycles. The van der Waals surface area contributed by atoms with Crippen molar-refractivity contribution in [2.75, 3.05) is 12.8 Å². The van der Waals surface area contributed by atoms with E-state index in [1.807, 2.05) is 0 Å². The fraction of sp³-hybridized carbons (Fsp3) is 0.529. The van der Waals surface area contributed by atoms with Crippen LogP contribution < -0.4 is 5.32 Å². The lowest BCUT2D eigenvalue weighted by Gasteiger charge is -2.08. The normalized spacial score (nSPS) is 11.2. The lowest BCUT2D eigenvalue weighted by atomic mass is 10.1. The van der Waals surface area contributed by atoms with Crippen molar-refractivity contribution in [2.24, 2.45) is 0 Å². The third kappa shape index (κ3) is 7.12. The molecule has 0 aliphatic rings. The summed E-state index contributed by atoms with van der Waals surface area (Å²) in [7, 11) is -3.36. The van der Waals surface area contributed by atoms with Gasteiger partial charge >= 0.3 is 5.97 Å². The van der Waals surface area contributed by atoms with Crippen LogP contribution in [0.4, 0.5) is 0 Å². The number of carbonyl (C=O) groups is 2. The number of aliphatic carboxylic acids is 1. The summed E-state index contributed by atoms with van der Waals surface area (Å²) >= 11 is 0. The number of sulfone groups is 1. The van der Waals surface area contributed by atoms with E-state index in [9.17, 15) is 18.0 Å². The number of benzene rings is 1. The van der Waals surface area contributed by atoms with Gasteiger partial charge in [0, 0.05) is 24.8 Å². The molecule has 6 nitrogen and oxygen atoms in total. The fourth-order valence-electron chi connectivity index (χ4n) is 2.38. The molecule has 0 saturated heterocycles. The third-order valence-electron chi connectivity index (χ3n) is 3.70. The molecule has 1 aromatic rings. The molecule has 0 unspecified atom stereocenters. The molecule has 7 heteroatoms. The molecule has 1 amide bonds. The molecule has 0 radical (unpaired) electrons. The van der Waals surface area contributed by atoms with Crippen LogP contribution in [0.3, 0.4) is 0 Å². The van der Waals surface area contributed by atoms with Crippen LogP contribution in [0.1, 0.15) is 54.4 Å². The Bertz CT molecular complexity index is 682. The fourth-order valence-corrected chi connectivity index (χ4v) is 3.37. The maximum absolute atomic E-state index is 12.1. The minimum absolute atomic E-state index is 0.175. The SMILES string of the molecule is Cc1ccc(C(=O)NCCCCCCCC(=O)O)cc1S(C)(=O)=O. The summed E-state index contributed by atoms with van der Waals surface area (Å²) in [6.45, 7) is 2.21. The highest BCUT2D eigenvalue weighted by Crippen LogP contribution is 2.17. The van der Waals surface area contributed by atoms with Gasteiger partial charge in [0.2, 0.25) is 0 Å². The number of nitrogens with one attached hydrogen (secondary N) is 1. The van der Waals surface area contributed by atoms with E-state index in [4.69, 9.17) is 5.11 Å². The number of unbranched alkanes of at least 4 members (excludes halogenated alkanes) is 4. The highest BCUT2D eigenvalue weighted by molar-refractivity contribution is 7.90. The number of amides is 1. The minimum Gasteiger partial charge on any atom is -0.481 e. The molecule has 0 saturated carbocycles. The first kappa shape index (κ1) is 20.2. The molecule has 1 rings (SSSR count). The van der Waals surface area contributed by atoms with Gasteiger partial charge in [-0.3, -0.25) is 9.59 Å². The Morgan fingerprint density at radius 2 is 1.71 bits per heavy atom. The average molecular weight is 355 g/mol. The zero-order chi connectivity index (χ0) is 18.2. The molecule has 0 fully saturated rings. The van der Waals surface area contributed by atoms with E-state index in [0.29, 0.717) is 24.1 Å². The standard InChI is InChI=1S/C17H25NO5S/c1-13-9-10-14(12-15(13)24(2,22)23)17(21)18-11-7-5-3-4-6-8-16(19)20/h9-10,12H,3-8,11H2,1-2H3,(H,18,21)(H,19,20). The van der Waals surface area contributed by atoms with E-state index in [2.05, 4.69) is 5.32 Å². The third-order valence-corrected chi connectivity index (χ3v) is 4.94. The first-order valence-corrected chi connectivity index (χ1v) is 9.91. The van der Waals surface area contributed by atoms with Gasteiger partial charge in [0.25, 0.3) is 5.91 Å². The Hall–Kier alpha value is -1.89. The molecule has 2 N–H and O–H groups in total. The maximum Gasteiger partial charge on any atom is 0.303 e. The Labute approximate surface area is 143 Å². The number of rotatable bonds is 10. The van der Waals surface area contributed by atoms with Crippen LogP contribution in [-0.2, 0) is 14.6 Å². The first-order valence-electron chi connectivity index (χ1n) is 8.02. The van der Waals surface area contributed by atoms with E-state index >= 15 is 0 Å². The summed E-state index contributed by atoms with van der Waals surface area (Å²) < 4.78 is 23.4. The van der Waals surface area contributed by atoms with Crippen LogP contribution in [0, 0.1) is 6.92 Å². The van der Waals surface area contributed by atoms with Crippen LogP contribution in [-0.4, -0.2) is 38.2 Å². The Morgan fingerprint density at radius 3 is 2.33 bits per heavy atom. The van der Waals surface area contributed by atoms with Crippen LogP contribution in [0.5, 0.6) is 0 Å². The quantitative estimate of drug-likeness (QED) is 0.628. The molecule has 0 aromatic heterocycles. The number of hydrogen-bond acceptors (Lipinski definition) is 4. The monoisotopic (exact) mass is 355 g/mol. The lowest BCUT2D eigenvalue weighted by Crippen LogP contribution is -2.24. The summed E-state index contributed by atoms with van der Waals surface area (Å²) in [5, 5.41) is 11.3. The first-order chi connectivity index (χ1) is 11.2. The summed E-state index contributed by atoms with van der Waals surface area (Å²) in [6, 6.07) is 4.66. The molecular weight excluding hydrogens is 330 g/mol. The van der Waals surface area contributed by atoms with Gasteiger partial charge in [0.05, 0.1) is 4.90 Å². The number of hydrogen-bond donors (Lipinski definition) is 2. The maximum atomic E-state index is 12.1. The van der Waals surface area contributed by atoms with Crippen molar-refractivity contribution < 1.29 is 23.1 Å². The van der Waals surface area contributed by atoms with Gasteiger partial charge < -0.3 is 10.4 Å². The van der Waals surface area contributed by atoms with Gasteiger partial charge in [0.15, 0.2) is 9.84 Å². The van der Waals surface area contributed by atoms with Crippen molar-refractivity contribution in [2.45, 2.75) is 50.3 Å². The van der Waals surface area contributed by atoms with E-state index < -0.39 is 15.8 Å². The largest absolute Gasteiger partial charge is 0.481 e. The summed E-state index contributed by atoms with van der Waals surface area (Å²) in [6.07, 6.45) is 5.54. The topological polar surface area (TPSA) is 101 Å². The number of aryl methyl sites for hydroxylation is 1. The zero-order valence-corrected chi connectivity index (χ0v) is 15.0. The predicted octanol–water partition coefficient (Wildman–Crippen LogP) is 2.55. The lowest BCUT2D eigenvalue weighted by molar-refractivity contribution is -0.137. The summed E-state index contributed by atoms with van der Waals surface area (Å²) in [5.74, 6) is -1.06.